The van der Waals surface area contributed by atoms with Crippen LogP contribution in [0.4, 0.5) is 0 Å². The molecule has 3 aliphatic rings. The van der Waals surface area contributed by atoms with E-state index in [9.17, 15) is 19.5 Å². The molecule has 3 aliphatic heterocycles. The fraction of sp³-hybridized carbons (Fsp3) is 0.857. The monoisotopic (exact) mass is 426 g/mol. The second kappa shape index (κ2) is 8.84. The number of carbonyl (C=O) groups excluding carboxylic acids is 3. The lowest BCUT2D eigenvalue weighted by atomic mass is 9.71. The highest BCUT2D eigenvalue weighted by molar-refractivity contribution is 8.02. The van der Waals surface area contributed by atoms with Crippen molar-refractivity contribution in [1.82, 2.24) is 10.2 Å². The number of aliphatic hydroxyl groups is 1. The first-order chi connectivity index (χ1) is 13.8. The van der Waals surface area contributed by atoms with E-state index < -0.39 is 28.7 Å². The highest BCUT2D eigenvalue weighted by Gasteiger charge is 2.74. The van der Waals surface area contributed by atoms with Gasteiger partial charge in [0, 0.05) is 11.8 Å². The lowest BCUT2D eigenvalue weighted by Crippen LogP contribution is -2.57. The van der Waals surface area contributed by atoms with Gasteiger partial charge in [0.2, 0.25) is 11.8 Å². The van der Waals surface area contributed by atoms with Gasteiger partial charge in [-0.25, -0.2) is 0 Å². The molecular formula is C21H34N2O5S. The van der Waals surface area contributed by atoms with Crippen LogP contribution in [0.1, 0.15) is 53.4 Å². The number of esters is 1. The minimum atomic E-state index is -0.661. The van der Waals surface area contributed by atoms with Crippen LogP contribution in [0.15, 0.2) is 0 Å². The van der Waals surface area contributed by atoms with Crippen LogP contribution in [0, 0.1) is 17.8 Å². The number of unbranched alkanes of at least 4 members (excludes halogenated alkanes) is 1. The van der Waals surface area contributed by atoms with Gasteiger partial charge in [-0.15, -0.1) is 11.8 Å². The molecule has 0 radical (unpaired) electrons. The van der Waals surface area contributed by atoms with Crippen molar-refractivity contribution in [3.8, 4) is 0 Å². The van der Waals surface area contributed by atoms with Crippen LogP contribution in [0.25, 0.3) is 0 Å². The van der Waals surface area contributed by atoms with Gasteiger partial charge in [-0.05, 0) is 32.1 Å². The number of nitrogens with zero attached hydrogens (tertiary/aromatic N) is 1. The Morgan fingerprint density at radius 3 is 2.69 bits per heavy atom. The van der Waals surface area contributed by atoms with E-state index in [1.165, 1.54) is 0 Å². The van der Waals surface area contributed by atoms with Gasteiger partial charge in [-0.2, -0.15) is 0 Å². The molecule has 2 amide bonds. The minimum absolute atomic E-state index is 0.00615. The number of rotatable bonds is 9. The van der Waals surface area contributed by atoms with Crippen LogP contribution in [-0.2, 0) is 19.1 Å². The Balaban J connectivity index is 2.00. The van der Waals surface area contributed by atoms with Crippen molar-refractivity contribution < 1.29 is 24.2 Å². The lowest BCUT2D eigenvalue weighted by molar-refractivity contribution is -0.154. The van der Waals surface area contributed by atoms with Crippen molar-refractivity contribution in [2.45, 2.75) is 75.5 Å². The summed E-state index contributed by atoms with van der Waals surface area (Å²) in [5, 5.41) is 13.1. The fourth-order valence-corrected chi connectivity index (χ4v) is 7.55. The van der Waals surface area contributed by atoms with Crippen LogP contribution in [0.3, 0.4) is 0 Å². The number of carbonyl (C=O) groups is 3. The number of hydrogen-bond acceptors (Lipinski definition) is 6. The number of fused-ring (bicyclic) bond motifs is 1. The fourth-order valence-electron chi connectivity index (χ4n) is 5.36. The van der Waals surface area contributed by atoms with Gasteiger partial charge < -0.3 is 20.1 Å². The summed E-state index contributed by atoms with van der Waals surface area (Å²) in [7, 11) is 0. The van der Waals surface area contributed by atoms with E-state index in [-0.39, 0.29) is 42.2 Å². The third-order valence-electron chi connectivity index (χ3n) is 6.69. The molecular weight excluding hydrogens is 392 g/mol. The van der Waals surface area contributed by atoms with E-state index in [4.69, 9.17) is 4.74 Å². The Labute approximate surface area is 177 Å². The third-order valence-corrected chi connectivity index (χ3v) is 8.64. The molecule has 0 aliphatic carbocycles. The first-order valence-corrected chi connectivity index (χ1v) is 11.8. The summed E-state index contributed by atoms with van der Waals surface area (Å²) in [6.45, 7) is 8.35. The quantitative estimate of drug-likeness (QED) is 0.429. The standard InChI is InChI=1S/C21H34N2O5S/c1-5-7-10-22-18(25)17-21-9-8-14(29-21)15(20(27)28-6-2)16(21)19(26)23(17)13(11-24)12(3)4/h12-17,24H,5-11H2,1-4H3,(H,22,25)/t13-,14+,15-,16-,17?,21?/m0/s1. The summed E-state index contributed by atoms with van der Waals surface area (Å²) < 4.78 is 4.69. The summed E-state index contributed by atoms with van der Waals surface area (Å²) >= 11 is 1.63. The van der Waals surface area contributed by atoms with Crippen LogP contribution in [0.5, 0.6) is 0 Å². The van der Waals surface area contributed by atoms with Gasteiger partial charge in [-0.1, -0.05) is 27.2 Å². The zero-order valence-corrected chi connectivity index (χ0v) is 18.7. The Bertz CT molecular complexity index is 657. The Hall–Kier alpha value is -1.28. The molecule has 3 fully saturated rings. The van der Waals surface area contributed by atoms with E-state index in [1.54, 1.807) is 23.6 Å². The van der Waals surface area contributed by atoms with Crippen LogP contribution in [-0.4, -0.2) is 69.6 Å². The van der Waals surface area contributed by atoms with Gasteiger partial charge in [0.1, 0.15) is 6.04 Å². The molecule has 2 unspecified atom stereocenters. The molecule has 1 spiro atoms. The van der Waals surface area contributed by atoms with Gasteiger partial charge in [0.05, 0.1) is 35.8 Å². The van der Waals surface area contributed by atoms with Crippen molar-refractivity contribution in [3.63, 3.8) is 0 Å². The van der Waals surface area contributed by atoms with Gasteiger partial charge in [0.25, 0.3) is 0 Å². The number of nitrogens with one attached hydrogen (secondary N) is 1. The summed E-state index contributed by atoms with van der Waals surface area (Å²) in [5.41, 5.74) is 0. The molecule has 3 heterocycles. The minimum Gasteiger partial charge on any atom is -0.466 e. The first kappa shape index (κ1) is 22.4. The number of aliphatic hydroxyl groups excluding tert-OH is 1. The molecule has 2 bridgehead atoms. The summed E-state index contributed by atoms with van der Waals surface area (Å²) in [5.74, 6) is -1.74. The summed E-state index contributed by atoms with van der Waals surface area (Å²) in [4.78, 5) is 41.3. The maximum Gasteiger partial charge on any atom is 0.310 e. The van der Waals surface area contributed by atoms with Gasteiger partial charge >= 0.3 is 5.97 Å². The van der Waals surface area contributed by atoms with Gasteiger partial charge in [0.15, 0.2) is 0 Å². The maximum atomic E-state index is 13.7. The molecule has 0 aromatic rings. The zero-order chi connectivity index (χ0) is 21.3. The van der Waals surface area contributed by atoms with E-state index in [2.05, 4.69) is 12.2 Å². The van der Waals surface area contributed by atoms with Crippen molar-refractivity contribution >= 4 is 29.5 Å². The molecule has 0 aromatic heterocycles. The Kier molecular flexibility index (Phi) is 6.83. The molecule has 0 saturated carbocycles. The maximum absolute atomic E-state index is 13.7. The highest BCUT2D eigenvalue weighted by atomic mass is 32.2. The SMILES string of the molecule is CCCCNC(=O)C1N([C@@H](CO)C(C)C)C(=O)[C@@H]2[C@@H](C(=O)OCC)[C@H]3CCC12S3. The van der Waals surface area contributed by atoms with E-state index in [1.807, 2.05) is 13.8 Å². The van der Waals surface area contributed by atoms with Crippen LogP contribution >= 0.6 is 11.8 Å². The van der Waals surface area contributed by atoms with Crippen molar-refractivity contribution in [2.75, 3.05) is 19.8 Å². The highest BCUT2D eigenvalue weighted by Crippen LogP contribution is 2.66. The summed E-state index contributed by atoms with van der Waals surface area (Å²) in [6.07, 6.45) is 3.37. The van der Waals surface area contributed by atoms with E-state index in [0.29, 0.717) is 6.54 Å². The zero-order valence-electron chi connectivity index (χ0n) is 17.8. The number of amides is 2. The van der Waals surface area contributed by atoms with Crippen molar-refractivity contribution in [2.24, 2.45) is 17.8 Å². The molecule has 164 valence electrons. The molecule has 7 nitrogen and oxygen atoms in total. The average Bonchev–Trinajstić information content (AvgIpc) is 3.30. The molecule has 29 heavy (non-hydrogen) atoms. The topological polar surface area (TPSA) is 95.9 Å². The predicted octanol–water partition coefficient (Wildman–Crippen LogP) is 1.57. The Morgan fingerprint density at radius 2 is 2.10 bits per heavy atom. The number of likely N-dealkylation sites (tertiary alicyclic amines) is 1. The second-order valence-corrected chi connectivity index (χ2v) is 10.3. The van der Waals surface area contributed by atoms with Gasteiger partial charge in [-0.3, -0.25) is 14.4 Å². The molecule has 0 aromatic carbocycles. The van der Waals surface area contributed by atoms with Crippen molar-refractivity contribution in [3.05, 3.63) is 0 Å². The number of hydrogen-bond donors (Lipinski definition) is 2. The van der Waals surface area contributed by atoms with Crippen molar-refractivity contribution in [1.29, 1.82) is 0 Å². The third kappa shape index (κ3) is 3.56. The lowest BCUT2D eigenvalue weighted by Gasteiger charge is -2.38. The molecule has 3 rings (SSSR count). The Morgan fingerprint density at radius 1 is 1.38 bits per heavy atom. The van der Waals surface area contributed by atoms with Crippen LogP contribution < -0.4 is 5.32 Å². The van der Waals surface area contributed by atoms with Crippen LogP contribution in [0.2, 0.25) is 0 Å². The predicted molar refractivity (Wildman–Crippen MR) is 111 cm³/mol. The average molecular weight is 427 g/mol. The van der Waals surface area contributed by atoms with E-state index in [0.717, 1.165) is 25.7 Å². The normalized spacial score (nSPS) is 33.9. The first-order valence-electron chi connectivity index (χ1n) is 10.9. The second-order valence-electron chi connectivity index (χ2n) is 8.69. The smallest absolute Gasteiger partial charge is 0.310 e. The molecule has 6 atom stereocenters. The largest absolute Gasteiger partial charge is 0.466 e. The number of ether oxygens (including phenoxy) is 1. The summed E-state index contributed by atoms with van der Waals surface area (Å²) in [6, 6.07) is -1.11. The number of thioether (sulfide) groups is 1. The molecule has 8 heteroatoms. The molecule has 2 N–H and O–H groups in total. The van der Waals surface area contributed by atoms with E-state index >= 15 is 0 Å². The molecule has 3 saturated heterocycles.